The van der Waals surface area contributed by atoms with Gasteiger partial charge in [-0.1, -0.05) is 12.1 Å². The number of nitrogens with zero attached hydrogens (tertiary/aromatic N) is 3. The minimum atomic E-state index is -3.66. The second-order valence-corrected chi connectivity index (χ2v) is 11.2. The minimum Gasteiger partial charge on any atom is -0.507 e. The number of hydrogen-bond donors (Lipinski definition) is 1. The molecule has 1 amide bonds. The molecular weight excluding hydrogens is 498 g/mol. The highest BCUT2D eigenvalue weighted by Crippen LogP contribution is 2.39. The topological polar surface area (TPSA) is 117 Å². The summed E-state index contributed by atoms with van der Waals surface area (Å²) in [4.78, 5) is 30.1. The number of carbonyl (C=O) groups is 2. The number of methoxy groups -OCH3 is 1. The molecule has 11 heteroatoms. The molecule has 1 N–H and O–H groups in total. The molecule has 1 atom stereocenters. The molecule has 0 radical (unpaired) electrons. The van der Waals surface area contributed by atoms with E-state index in [-0.39, 0.29) is 28.3 Å². The van der Waals surface area contributed by atoms with Crippen LogP contribution in [0.1, 0.15) is 17.2 Å². The zero-order valence-corrected chi connectivity index (χ0v) is 21.9. The molecule has 37 heavy (non-hydrogen) atoms. The molecule has 2 aromatic carbocycles. The first-order valence-corrected chi connectivity index (χ1v) is 13.3. The van der Waals surface area contributed by atoms with Gasteiger partial charge < -0.3 is 19.5 Å². The maximum Gasteiger partial charge on any atom is 0.295 e. The number of likely N-dealkylation sites (tertiary alicyclic amines) is 1. The zero-order chi connectivity index (χ0) is 26.7. The van der Waals surface area contributed by atoms with E-state index >= 15 is 0 Å². The summed E-state index contributed by atoms with van der Waals surface area (Å²) >= 11 is 0. The van der Waals surface area contributed by atoms with Crippen molar-refractivity contribution >= 4 is 27.5 Å². The summed E-state index contributed by atoms with van der Waals surface area (Å²) in [6.07, 6.45) is 0. The summed E-state index contributed by atoms with van der Waals surface area (Å²) in [5, 5.41) is 11.2. The van der Waals surface area contributed by atoms with Crippen molar-refractivity contribution in [3.8, 4) is 5.75 Å². The van der Waals surface area contributed by atoms with Crippen LogP contribution in [0.3, 0.4) is 0 Å². The Morgan fingerprint density at radius 3 is 2.22 bits per heavy atom. The Kier molecular flexibility index (Phi) is 7.98. The average molecular weight is 530 g/mol. The van der Waals surface area contributed by atoms with Gasteiger partial charge in [-0.2, -0.15) is 0 Å². The van der Waals surface area contributed by atoms with E-state index in [4.69, 9.17) is 9.47 Å². The van der Waals surface area contributed by atoms with Gasteiger partial charge >= 0.3 is 0 Å². The molecule has 0 bridgehead atoms. The van der Waals surface area contributed by atoms with Crippen LogP contribution in [-0.4, -0.2) is 99.9 Å². The Hall–Kier alpha value is -3.25. The van der Waals surface area contributed by atoms with Gasteiger partial charge in [-0.05, 0) is 42.0 Å². The highest BCUT2D eigenvalue weighted by molar-refractivity contribution is 7.89. The SMILES string of the molecule is COc1ccc([C@H]2C(=C(O)c3ccc(S(=O)(=O)N(C)C)cc3)C(=O)C(=O)N2CCN2CCOCC2)cc1. The third-order valence-electron chi connectivity index (χ3n) is 6.64. The molecule has 2 fully saturated rings. The maximum atomic E-state index is 13.2. The summed E-state index contributed by atoms with van der Waals surface area (Å²) in [5.41, 5.74) is 0.845. The fraction of sp³-hybridized carbons (Fsp3) is 0.385. The molecule has 198 valence electrons. The lowest BCUT2D eigenvalue weighted by Crippen LogP contribution is -2.42. The number of ketones is 1. The van der Waals surface area contributed by atoms with Crippen molar-refractivity contribution in [2.75, 3.05) is 60.6 Å². The molecule has 0 saturated carbocycles. The van der Waals surface area contributed by atoms with Crippen LogP contribution < -0.4 is 4.74 Å². The van der Waals surface area contributed by atoms with Crippen molar-refractivity contribution in [1.29, 1.82) is 0 Å². The van der Waals surface area contributed by atoms with Crippen molar-refractivity contribution in [1.82, 2.24) is 14.1 Å². The van der Waals surface area contributed by atoms with E-state index in [0.717, 1.165) is 17.4 Å². The monoisotopic (exact) mass is 529 g/mol. The van der Waals surface area contributed by atoms with E-state index in [2.05, 4.69) is 4.90 Å². The predicted molar refractivity (Wildman–Crippen MR) is 137 cm³/mol. The van der Waals surface area contributed by atoms with E-state index in [1.807, 2.05) is 0 Å². The number of morpholine rings is 1. The summed E-state index contributed by atoms with van der Waals surface area (Å²) in [5.74, 6) is -1.22. The molecule has 0 spiro atoms. The van der Waals surface area contributed by atoms with Gasteiger partial charge in [0, 0.05) is 45.8 Å². The lowest BCUT2D eigenvalue weighted by atomic mass is 9.95. The van der Waals surface area contributed by atoms with Crippen LogP contribution in [0, 0.1) is 0 Å². The molecule has 2 aliphatic rings. The lowest BCUT2D eigenvalue weighted by Gasteiger charge is -2.31. The van der Waals surface area contributed by atoms with E-state index in [9.17, 15) is 23.1 Å². The summed E-state index contributed by atoms with van der Waals surface area (Å²) in [7, 11) is 0.735. The van der Waals surface area contributed by atoms with Crippen LogP contribution in [0.5, 0.6) is 5.75 Å². The highest BCUT2D eigenvalue weighted by Gasteiger charge is 2.46. The predicted octanol–water partition coefficient (Wildman–Crippen LogP) is 1.70. The smallest absolute Gasteiger partial charge is 0.295 e. The Balaban J connectivity index is 1.73. The second kappa shape index (κ2) is 11.0. The molecule has 0 unspecified atom stereocenters. The minimum absolute atomic E-state index is 0.0413. The van der Waals surface area contributed by atoms with Crippen LogP contribution in [0.15, 0.2) is 59.0 Å². The number of Topliss-reactive ketones (excluding diaryl/α,β-unsaturated/α-hetero) is 1. The molecule has 2 aromatic rings. The van der Waals surface area contributed by atoms with Crippen molar-refractivity contribution in [2.45, 2.75) is 10.9 Å². The van der Waals surface area contributed by atoms with E-state index in [1.54, 1.807) is 31.4 Å². The van der Waals surface area contributed by atoms with Gasteiger partial charge in [0.15, 0.2) is 0 Å². The molecule has 2 aliphatic heterocycles. The Labute approximate surface area is 216 Å². The fourth-order valence-electron chi connectivity index (χ4n) is 4.47. The number of benzene rings is 2. The van der Waals surface area contributed by atoms with Crippen LogP contribution in [0.25, 0.3) is 5.76 Å². The molecule has 4 rings (SSSR count). The fourth-order valence-corrected chi connectivity index (χ4v) is 5.37. The largest absolute Gasteiger partial charge is 0.507 e. The van der Waals surface area contributed by atoms with Gasteiger partial charge in [-0.25, -0.2) is 12.7 Å². The van der Waals surface area contributed by atoms with E-state index in [0.29, 0.717) is 31.1 Å². The Bertz CT molecular complexity index is 1280. The number of amides is 1. The van der Waals surface area contributed by atoms with Gasteiger partial charge in [0.05, 0.1) is 36.8 Å². The first-order chi connectivity index (χ1) is 17.6. The van der Waals surface area contributed by atoms with Crippen molar-refractivity contribution in [3.05, 3.63) is 65.2 Å². The summed E-state index contributed by atoms with van der Waals surface area (Å²) in [6, 6.07) is 11.8. The zero-order valence-electron chi connectivity index (χ0n) is 21.1. The van der Waals surface area contributed by atoms with Gasteiger partial charge in [0.25, 0.3) is 11.7 Å². The van der Waals surface area contributed by atoms with E-state index < -0.39 is 27.8 Å². The number of carbonyl (C=O) groups excluding carboxylic acids is 2. The molecule has 10 nitrogen and oxygen atoms in total. The number of aliphatic hydroxyl groups excluding tert-OH is 1. The molecule has 0 aliphatic carbocycles. The number of sulfonamides is 1. The van der Waals surface area contributed by atoms with E-state index in [1.165, 1.54) is 43.3 Å². The summed E-state index contributed by atoms with van der Waals surface area (Å²) in [6.45, 7) is 3.54. The van der Waals surface area contributed by atoms with Crippen LogP contribution in [0.2, 0.25) is 0 Å². The van der Waals surface area contributed by atoms with Crippen molar-refractivity contribution in [3.63, 3.8) is 0 Å². The van der Waals surface area contributed by atoms with Gasteiger partial charge in [-0.15, -0.1) is 0 Å². The van der Waals surface area contributed by atoms with Crippen LogP contribution in [-0.2, 0) is 24.3 Å². The van der Waals surface area contributed by atoms with Gasteiger partial charge in [0.1, 0.15) is 11.5 Å². The Morgan fingerprint density at radius 1 is 1.03 bits per heavy atom. The standard InChI is InChI=1S/C26H31N3O7S/c1-27(2)37(33,34)21-10-6-19(7-11-21)24(30)22-23(18-4-8-20(35-3)9-5-18)29(26(32)25(22)31)13-12-28-14-16-36-17-15-28/h4-11,23,30H,12-17H2,1-3H3/t23-/m0/s1. The maximum absolute atomic E-state index is 13.2. The molecule has 2 saturated heterocycles. The lowest BCUT2D eigenvalue weighted by molar-refractivity contribution is -0.140. The van der Waals surface area contributed by atoms with Crippen molar-refractivity contribution in [2.24, 2.45) is 0 Å². The first-order valence-electron chi connectivity index (χ1n) is 11.9. The molecule has 2 heterocycles. The third-order valence-corrected chi connectivity index (χ3v) is 8.47. The van der Waals surface area contributed by atoms with Crippen LogP contribution in [0.4, 0.5) is 0 Å². The summed E-state index contributed by atoms with van der Waals surface area (Å²) < 4.78 is 36.6. The quantitative estimate of drug-likeness (QED) is 0.312. The normalized spacial score (nSPS) is 20.5. The average Bonchev–Trinajstić information content (AvgIpc) is 3.17. The number of rotatable bonds is 8. The van der Waals surface area contributed by atoms with Gasteiger partial charge in [0.2, 0.25) is 10.0 Å². The highest BCUT2D eigenvalue weighted by atomic mass is 32.2. The second-order valence-electron chi connectivity index (χ2n) is 9.03. The van der Waals surface area contributed by atoms with Gasteiger partial charge in [-0.3, -0.25) is 14.5 Å². The number of aliphatic hydroxyl groups is 1. The first kappa shape index (κ1) is 26.8. The third kappa shape index (κ3) is 5.40. The Morgan fingerprint density at radius 2 is 1.65 bits per heavy atom. The molecular formula is C26H31N3O7S. The number of hydrogen-bond acceptors (Lipinski definition) is 8. The van der Waals surface area contributed by atoms with Crippen molar-refractivity contribution < 1.29 is 32.6 Å². The number of ether oxygens (including phenoxy) is 2. The molecule has 0 aromatic heterocycles. The van der Waals surface area contributed by atoms with Crippen LogP contribution >= 0.6 is 0 Å².